The molecule has 0 saturated carbocycles. The first-order valence-corrected chi connectivity index (χ1v) is 11.0. The maximum atomic E-state index is 13.1. The van der Waals surface area contributed by atoms with Gasteiger partial charge in [-0.3, -0.25) is 14.6 Å². The lowest BCUT2D eigenvalue weighted by Gasteiger charge is -2.43. The van der Waals surface area contributed by atoms with Gasteiger partial charge in [0.1, 0.15) is 18.0 Å². The second-order valence-corrected chi connectivity index (χ2v) is 8.35. The lowest BCUT2D eigenvalue weighted by atomic mass is 9.96. The molecule has 170 valence electrons. The maximum Gasteiger partial charge on any atom is 0.255 e. The minimum Gasteiger partial charge on any atom is -0.490 e. The Labute approximate surface area is 192 Å². The summed E-state index contributed by atoms with van der Waals surface area (Å²) in [7, 11) is 0. The molecule has 0 N–H and O–H groups in total. The standard InChI is InChI=1S/C23H26ClN3O5/c24-19-4-1-5-20(13-19)31-17-23(14-21(28)26-7-10-30-11-8-26)16-27(9-12-32-23)22(29)18-3-2-6-25-15-18/h1-6,13,15H,7-12,14,16-17H2/t23-/m1/s1. The van der Waals surface area contributed by atoms with Crippen LogP contribution in [0.4, 0.5) is 0 Å². The second-order valence-electron chi connectivity index (χ2n) is 7.92. The third kappa shape index (κ3) is 5.56. The van der Waals surface area contributed by atoms with E-state index in [0.717, 1.165) is 0 Å². The molecule has 32 heavy (non-hydrogen) atoms. The number of rotatable bonds is 6. The van der Waals surface area contributed by atoms with Crippen LogP contribution >= 0.6 is 11.6 Å². The Morgan fingerprint density at radius 2 is 1.91 bits per heavy atom. The Morgan fingerprint density at radius 3 is 2.66 bits per heavy atom. The van der Waals surface area contributed by atoms with Crippen LogP contribution in [-0.4, -0.2) is 84.8 Å². The SMILES string of the molecule is O=C(C[C@]1(COc2cccc(Cl)c2)CN(C(=O)c2cccnc2)CCO1)N1CCOCC1. The lowest BCUT2D eigenvalue weighted by molar-refractivity contribution is -0.155. The predicted molar refractivity (Wildman–Crippen MR) is 118 cm³/mol. The van der Waals surface area contributed by atoms with Crippen molar-refractivity contribution in [1.82, 2.24) is 14.8 Å². The second kappa shape index (κ2) is 10.3. The van der Waals surface area contributed by atoms with Crippen molar-refractivity contribution < 1.29 is 23.8 Å². The Balaban J connectivity index is 1.52. The number of ether oxygens (including phenoxy) is 3. The molecule has 1 aromatic carbocycles. The van der Waals surface area contributed by atoms with Gasteiger partial charge in [-0.1, -0.05) is 17.7 Å². The number of carbonyl (C=O) groups is 2. The van der Waals surface area contributed by atoms with E-state index in [0.29, 0.717) is 55.8 Å². The highest BCUT2D eigenvalue weighted by Crippen LogP contribution is 2.27. The van der Waals surface area contributed by atoms with Crippen molar-refractivity contribution in [3.63, 3.8) is 0 Å². The molecule has 2 aromatic rings. The van der Waals surface area contributed by atoms with Gasteiger partial charge in [-0.15, -0.1) is 0 Å². The monoisotopic (exact) mass is 459 g/mol. The molecular weight excluding hydrogens is 434 g/mol. The van der Waals surface area contributed by atoms with Crippen LogP contribution in [-0.2, 0) is 14.3 Å². The van der Waals surface area contributed by atoms with E-state index in [1.807, 2.05) is 0 Å². The number of nitrogens with zero attached hydrogens (tertiary/aromatic N) is 3. The summed E-state index contributed by atoms with van der Waals surface area (Å²) in [5.74, 6) is 0.390. The Bertz CT molecular complexity index is 938. The van der Waals surface area contributed by atoms with Gasteiger partial charge >= 0.3 is 0 Å². The molecule has 0 aliphatic carbocycles. The molecule has 0 radical (unpaired) electrons. The van der Waals surface area contributed by atoms with Crippen molar-refractivity contribution in [3.05, 3.63) is 59.4 Å². The van der Waals surface area contributed by atoms with Crippen molar-refractivity contribution in [2.75, 3.05) is 52.6 Å². The average molecular weight is 460 g/mol. The molecule has 0 unspecified atom stereocenters. The summed E-state index contributed by atoms with van der Waals surface area (Å²) in [6, 6.07) is 10.5. The van der Waals surface area contributed by atoms with Crippen molar-refractivity contribution in [2.45, 2.75) is 12.0 Å². The third-order valence-electron chi connectivity index (χ3n) is 5.58. The summed E-state index contributed by atoms with van der Waals surface area (Å²) < 4.78 is 17.5. The van der Waals surface area contributed by atoms with Crippen LogP contribution in [0.5, 0.6) is 5.75 Å². The zero-order valence-corrected chi connectivity index (χ0v) is 18.5. The fourth-order valence-electron chi connectivity index (χ4n) is 3.91. The van der Waals surface area contributed by atoms with Crippen LogP contribution < -0.4 is 4.74 Å². The zero-order valence-electron chi connectivity index (χ0n) is 17.7. The van der Waals surface area contributed by atoms with E-state index in [9.17, 15) is 9.59 Å². The fraction of sp³-hybridized carbons (Fsp3) is 0.435. The van der Waals surface area contributed by atoms with Crippen LogP contribution in [0.1, 0.15) is 16.8 Å². The van der Waals surface area contributed by atoms with Gasteiger partial charge < -0.3 is 24.0 Å². The van der Waals surface area contributed by atoms with E-state index in [2.05, 4.69) is 4.98 Å². The summed E-state index contributed by atoms with van der Waals surface area (Å²) in [6.45, 7) is 3.20. The molecule has 3 heterocycles. The summed E-state index contributed by atoms with van der Waals surface area (Å²) in [4.78, 5) is 33.7. The number of benzene rings is 1. The van der Waals surface area contributed by atoms with Gasteiger partial charge in [-0.25, -0.2) is 0 Å². The highest BCUT2D eigenvalue weighted by atomic mass is 35.5. The van der Waals surface area contributed by atoms with Gasteiger partial charge in [0, 0.05) is 37.1 Å². The zero-order chi connectivity index (χ0) is 22.4. The third-order valence-corrected chi connectivity index (χ3v) is 5.81. The van der Waals surface area contributed by atoms with Crippen LogP contribution in [0.25, 0.3) is 0 Å². The highest BCUT2D eigenvalue weighted by Gasteiger charge is 2.42. The summed E-state index contributed by atoms with van der Waals surface area (Å²) >= 11 is 6.08. The van der Waals surface area contributed by atoms with Gasteiger partial charge in [0.25, 0.3) is 5.91 Å². The molecule has 2 saturated heterocycles. The van der Waals surface area contributed by atoms with Crippen molar-refractivity contribution in [2.24, 2.45) is 0 Å². The first-order valence-electron chi connectivity index (χ1n) is 10.6. The number of hydrogen-bond acceptors (Lipinski definition) is 6. The molecule has 0 bridgehead atoms. The lowest BCUT2D eigenvalue weighted by Crippen LogP contribution is -2.58. The molecule has 2 fully saturated rings. The van der Waals surface area contributed by atoms with E-state index in [4.69, 9.17) is 25.8 Å². The van der Waals surface area contributed by atoms with E-state index in [-0.39, 0.29) is 31.4 Å². The number of hydrogen-bond donors (Lipinski definition) is 0. The first kappa shape index (κ1) is 22.5. The average Bonchev–Trinajstić information content (AvgIpc) is 2.84. The maximum absolute atomic E-state index is 13.1. The van der Waals surface area contributed by atoms with Gasteiger partial charge in [0.2, 0.25) is 5.91 Å². The molecule has 8 nitrogen and oxygen atoms in total. The first-order chi connectivity index (χ1) is 15.5. The van der Waals surface area contributed by atoms with E-state index < -0.39 is 5.60 Å². The number of aromatic nitrogens is 1. The topological polar surface area (TPSA) is 81.2 Å². The van der Waals surface area contributed by atoms with Gasteiger partial charge in [-0.2, -0.15) is 0 Å². The van der Waals surface area contributed by atoms with Gasteiger partial charge in [0.05, 0.1) is 38.3 Å². The van der Waals surface area contributed by atoms with Gasteiger partial charge in [0.15, 0.2) is 0 Å². The van der Waals surface area contributed by atoms with Gasteiger partial charge in [-0.05, 0) is 30.3 Å². The fourth-order valence-corrected chi connectivity index (χ4v) is 4.09. The number of pyridine rings is 1. The van der Waals surface area contributed by atoms with E-state index in [1.54, 1.807) is 58.6 Å². The number of amides is 2. The number of carbonyl (C=O) groups excluding carboxylic acids is 2. The highest BCUT2D eigenvalue weighted by molar-refractivity contribution is 6.30. The molecular formula is C23H26ClN3O5. The molecule has 9 heteroatoms. The molecule has 0 spiro atoms. The van der Waals surface area contributed by atoms with Crippen LogP contribution in [0.15, 0.2) is 48.8 Å². The molecule has 4 rings (SSSR count). The molecule has 2 aliphatic heterocycles. The Hall–Kier alpha value is -2.68. The summed E-state index contributed by atoms with van der Waals surface area (Å²) in [5, 5.41) is 0.555. The van der Waals surface area contributed by atoms with Crippen LogP contribution in [0.3, 0.4) is 0 Å². The molecule has 2 amide bonds. The van der Waals surface area contributed by atoms with Crippen LogP contribution in [0, 0.1) is 0 Å². The minimum atomic E-state index is -0.978. The van der Waals surface area contributed by atoms with E-state index in [1.165, 1.54) is 0 Å². The van der Waals surface area contributed by atoms with Crippen molar-refractivity contribution >= 4 is 23.4 Å². The quantitative estimate of drug-likeness (QED) is 0.659. The predicted octanol–water partition coefficient (Wildman–Crippen LogP) is 2.27. The van der Waals surface area contributed by atoms with Crippen LogP contribution in [0.2, 0.25) is 5.02 Å². The van der Waals surface area contributed by atoms with E-state index >= 15 is 0 Å². The Kier molecular flexibility index (Phi) is 7.24. The smallest absolute Gasteiger partial charge is 0.255 e. The minimum absolute atomic E-state index is 0.0429. The van der Waals surface area contributed by atoms with Crippen molar-refractivity contribution in [1.29, 1.82) is 0 Å². The number of halogens is 1. The summed E-state index contributed by atoms with van der Waals surface area (Å²) in [6.07, 6.45) is 3.27. The summed E-state index contributed by atoms with van der Waals surface area (Å²) in [5.41, 5.74) is -0.480. The normalized spacial score (nSPS) is 21.3. The van der Waals surface area contributed by atoms with Crippen molar-refractivity contribution in [3.8, 4) is 5.75 Å². The molecule has 2 aliphatic rings. The largest absolute Gasteiger partial charge is 0.490 e. The molecule has 1 atom stereocenters. The molecule has 1 aromatic heterocycles. The Morgan fingerprint density at radius 1 is 1.09 bits per heavy atom. The number of morpholine rings is 2.